The van der Waals surface area contributed by atoms with Gasteiger partial charge in [0.25, 0.3) is 0 Å². The number of halogens is 1. The van der Waals surface area contributed by atoms with Gasteiger partial charge >= 0.3 is 0 Å². The summed E-state index contributed by atoms with van der Waals surface area (Å²) >= 11 is 11.8. The molecule has 1 aliphatic rings. The van der Waals surface area contributed by atoms with Gasteiger partial charge in [0.1, 0.15) is 0 Å². The minimum absolute atomic E-state index is 0.698. The Morgan fingerprint density at radius 2 is 1.85 bits per heavy atom. The summed E-state index contributed by atoms with van der Waals surface area (Å²) < 4.78 is 0. The maximum absolute atomic E-state index is 6.21. The van der Waals surface area contributed by atoms with E-state index in [2.05, 4.69) is 39.4 Å². The highest BCUT2D eigenvalue weighted by Crippen LogP contribution is 2.26. The van der Waals surface area contributed by atoms with Gasteiger partial charge in [-0.25, -0.2) is 0 Å². The van der Waals surface area contributed by atoms with E-state index >= 15 is 0 Å². The SMILES string of the molecule is Cc1c(Cl)cccc1NC(=S)N(C)Cc1ccccc1N1CCCCC1. The Morgan fingerprint density at radius 3 is 2.62 bits per heavy atom. The van der Waals surface area contributed by atoms with Crippen LogP contribution in [0.2, 0.25) is 5.02 Å². The van der Waals surface area contributed by atoms with E-state index < -0.39 is 0 Å². The molecule has 5 heteroatoms. The Hall–Kier alpha value is -1.78. The molecule has 0 saturated carbocycles. The van der Waals surface area contributed by atoms with Crippen molar-refractivity contribution in [2.24, 2.45) is 0 Å². The van der Waals surface area contributed by atoms with Crippen LogP contribution < -0.4 is 10.2 Å². The van der Waals surface area contributed by atoms with Crippen molar-refractivity contribution < 1.29 is 0 Å². The van der Waals surface area contributed by atoms with E-state index in [0.717, 1.165) is 35.9 Å². The Balaban J connectivity index is 1.70. The van der Waals surface area contributed by atoms with E-state index in [1.165, 1.54) is 30.5 Å². The average Bonchev–Trinajstić information content (AvgIpc) is 2.66. The molecule has 3 rings (SSSR count). The predicted molar refractivity (Wildman–Crippen MR) is 116 cm³/mol. The van der Waals surface area contributed by atoms with Crippen LogP contribution in [-0.2, 0) is 6.54 Å². The lowest BCUT2D eigenvalue weighted by atomic mass is 10.1. The zero-order valence-corrected chi connectivity index (χ0v) is 17.0. The summed E-state index contributed by atoms with van der Waals surface area (Å²) in [5.74, 6) is 0. The van der Waals surface area contributed by atoms with Crippen LogP contribution in [0.3, 0.4) is 0 Å². The molecule has 0 bridgehead atoms. The highest BCUT2D eigenvalue weighted by atomic mass is 35.5. The second-order valence-electron chi connectivity index (χ2n) is 6.88. The molecule has 1 fully saturated rings. The normalized spacial score (nSPS) is 14.2. The van der Waals surface area contributed by atoms with Gasteiger partial charge in [0.15, 0.2) is 5.11 Å². The molecule has 2 aromatic rings. The van der Waals surface area contributed by atoms with Gasteiger partial charge in [-0.05, 0) is 67.7 Å². The minimum atomic E-state index is 0.698. The van der Waals surface area contributed by atoms with E-state index in [-0.39, 0.29) is 0 Å². The van der Waals surface area contributed by atoms with Crippen LogP contribution in [0.4, 0.5) is 11.4 Å². The maximum Gasteiger partial charge on any atom is 0.173 e. The molecule has 1 N–H and O–H groups in total. The molecule has 2 aromatic carbocycles. The van der Waals surface area contributed by atoms with Crippen molar-refractivity contribution >= 4 is 40.3 Å². The van der Waals surface area contributed by atoms with E-state index in [1.807, 2.05) is 32.2 Å². The molecule has 26 heavy (non-hydrogen) atoms. The van der Waals surface area contributed by atoms with Crippen LogP contribution in [0.1, 0.15) is 30.4 Å². The highest BCUT2D eigenvalue weighted by Gasteiger charge is 2.16. The van der Waals surface area contributed by atoms with Gasteiger partial charge in [-0.1, -0.05) is 35.9 Å². The van der Waals surface area contributed by atoms with Crippen LogP contribution in [0.25, 0.3) is 0 Å². The molecule has 0 spiro atoms. The molecule has 0 aromatic heterocycles. The first-order chi connectivity index (χ1) is 12.6. The third-order valence-electron chi connectivity index (χ3n) is 4.95. The molecule has 0 radical (unpaired) electrons. The van der Waals surface area contributed by atoms with Crippen LogP contribution in [0.15, 0.2) is 42.5 Å². The van der Waals surface area contributed by atoms with Crippen molar-refractivity contribution in [2.75, 3.05) is 30.4 Å². The summed E-state index contributed by atoms with van der Waals surface area (Å²) in [7, 11) is 2.03. The van der Waals surface area contributed by atoms with Crippen LogP contribution in [0, 0.1) is 6.92 Å². The predicted octanol–water partition coefficient (Wildman–Crippen LogP) is 5.47. The zero-order chi connectivity index (χ0) is 18.5. The van der Waals surface area contributed by atoms with E-state index in [0.29, 0.717) is 5.11 Å². The van der Waals surface area contributed by atoms with E-state index in [1.54, 1.807) is 0 Å². The van der Waals surface area contributed by atoms with Gasteiger partial charge in [-0.15, -0.1) is 0 Å². The Labute approximate surface area is 166 Å². The van der Waals surface area contributed by atoms with Crippen LogP contribution in [0.5, 0.6) is 0 Å². The van der Waals surface area contributed by atoms with Crippen molar-refractivity contribution in [3.63, 3.8) is 0 Å². The summed E-state index contributed by atoms with van der Waals surface area (Å²) in [6.07, 6.45) is 3.89. The molecule has 1 aliphatic heterocycles. The van der Waals surface area contributed by atoms with Crippen molar-refractivity contribution in [1.29, 1.82) is 0 Å². The monoisotopic (exact) mass is 387 g/mol. The topological polar surface area (TPSA) is 18.5 Å². The van der Waals surface area contributed by atoms with Gasteiger partial charge in [-0.3, -0.25) is 0 Å². The summed E-state index contributed by atoms with van der Waals surface area (Å²) in [6.45, 7) is 5.06. The van der Waals surface area contributed by atoms with Gasteiger partial charge in [0.05, 0.1) is 0 Å². The number of hydrogen-bond acceptors (Lipinski definition) is 2. The van der Waals surface area contributed by atoms with Crippen LogP contribution in [-0.4, -0.2) is 30.1 Å². The van der Waals surface area contributed by atoms with E-state index in [9.17, 15) is 0 Å². The van der Waals surface area contributed by atoms with E-state index in [4.69, 9.17) is 23.8 Å². The number of para-hydroxylation sites is 1. The number of nitrogens with one attached hydrogen (secondary N) is 1. The number of piperidine rings is 1. The van der Waals surface area contributed by atoms with Crippen molar-refractivity contribution in [3.8, 4) is 0 Å². The summed E-state index contributed by atoms with van der Waals surface area (Å²) in [6, 6.07) is 14.5. The second-order valence-corrected chi connectivity index (χ2v) is 7.67. The quantitative estimate of drug-likeness (QED) is 0.701. The Kier molecular flexibility index (Phi) is 6.38. The first kappa shape index (κ1) is 19.0. The number of anilines is 2. The van der Waals surface area contributed by atoms with Crippen LogP contribution >= 0.6 is 23.8 Å². The fourth-order valence-electron chi connectivity index (χ4n) is 3.37. The number of thiocarbonyl (C=S) groups is 1. The summed E-state index contributed by atoms with van der Waals surface area (Å²) in [4.78, 5) is 4.59. The lowest BCUT2D eigenvalue weighted by Gasteiger charge is -2.32. The molecular formula is C21H26ClN3S. The highest BCUT2D eigenvalue weighted by molar-refractivity contribution is 7.80. The first-order valence-electron chi connectivity index (χ1n) is 9.16. The fourth-order valence-corrected chi connectivity index (χ4v) is 3.72. The zero-order valence-electron chi connectivity index (χ0n) is 15.5. The molecule has 0 amide bonds. The third-order valence-corrected chi connectivity index (χ3v) is 5.78. The largest absolute Gasteiger partial charge is 0.371 e. The van der Waals surface area contributed by atoms with Gasteiger partial charge < -0.3 is 15.1 Å². The molecule has 138 valence electrons. The molecular weight excluding hydrogens is 362 g/mol. The third kappa shape index (κ3) is 4.49. The lowest BCUT2D eigenvalue weighted by Crippen LogP contribution is -2.33. The second kappa shape index (κ2) is 8.74. The minimum Gasteiger partial charge on any atom is -0.371 e. The fraction of sp³-hybridized carbons (Fsp3) is 0.381. The molecule has 3 nitrogen and oxygen atoms in total. The number of rotatable bonds is 4. The number of nitrogens with zero attached hydrogens (tertiary/aromatic N) is 2. The number of benzene rings is 2. The lowest BCUT2D eigenvalue weighted by molar-refractivity contribution is 0.505. The molecule has 0 aliphatic carbocycles. The Morgan fingerprint density at radius 1 is 1.12 bits per heavy atom. The van der Waals surface area contributed by atoms with Crippen molar-refractivity contribution in [1.82, 2.24) is 4.90 Å². The van der Waals surface area contributed by atoms with Gasteiger partial charge in [0.2, 0.25) is 0 Å². The molecule has 1 saturated heterocycles. The summed E-state index contributed by atoms with van der Waals surface area (Å²) in [5.41, 5.74) is 4.61. The average molecular weight is 388 g/mol. The maximum atomic E-state index is 6.21. The van der Waals surface area contributed by atoms with Crippen molar-refractivity contribution in [2.45, 2.75) is 32.7 Å². The molecule has 0 unspecified atom stereocenters. The summed E-state index contributed by atoms with van der Waals surface area (Å²) in [5, 5.41) is 4.77. The Bertz CT molecular complexity index is 772. The van der Waals surface area contributed by atoms with Gasteiger partial charge in [0, 0.05) is 43.1 Å². The van der Waals surface area contributed by atoms with Crippen molar-refractivity contribution in [3.05, 3.63) is 58.6 Å². The van der Waals surface area contributed by atoms with Gasteiger partial charge in [-0.2, -0.15) is 0 Å². The molecule has 0 atom stereocenters. The smallest absolute Gasteiger partial charge is 0.173 e. The standard InChI is InChI=1S/C21H26ClN3S/c1-16-18(22)10-8-11-19(16)23-21(26)24(2)15-17-9-4-5-12-20(17)25-13-6-3-7-14-25/h4-5,8-12H,3,6-7,13-15H2,1-2H3,(H,23,26). The first-order valence-corrected chi connectivity index (χ1v) is 9.95. The molecule has 1 heterocycles. The number of hydrogen-bond donors (Lipinski definition) is 1.